The van der Waals surface area contributed by atoms with E-state index in [1.807, 2.05) is 0 Å². The average Bonchev–Trinajstić information content (AvgIpc) is 3.73. The topological polar surface area (TPSA) is 137 Å². The monoisotopic (exact) mass is 623 g/mol. The molecule has 4 aromatic rings. The number of hydrogen-bond donors (Lipinski definition) is 0. The number of halogens is 1. The number of aryl methyl sites for hydroxylation is 1. The second kappa shape index (κ2) is 10.9. The number of fused-ring (bicyclic) bond motifs is 6. The van der Waals surface area contributed by atoms with Gasteiger partial charge in [-0.1, -0.05) is 48.0 Å². The predicted molar refractivity (Wildman–Crippen MR) is 165 cm³/mol. The quantitative estimate of drug-likeness (QED) is 0.0764. The first-order valence-corrected chi connectivity index (χ1v) is 15.0. The molecule has 0 N–H and O–H groups in total. The minimum absolute atomic E-state index is 0.0507. The molecule has 0 radical (unpaired) electrons. The molecule has 2 heterocycles. The first-order valence-electron chi connectivity index (χ1n) is 14.6. The molecular formula is C34H26ClN3O7. The maximum Gasteiger partial charge on any atom is 0.339 e. The molecule has 1 saturated heterocycles. The van der Waals surface area contributed by atoms with Crippen molar-refractivity contribution in [3.63, 3.8) is 0 Å². The normalized spacial score (nSPS) is 21.8. The molecule has 2 saturated carbocycles. The average molecular weight is 624 g/mol. The molecule has 0 spiro atoms. The Morgan fingerprint density at radius 2 is 1.69 bits per heavy atom. The van der Waals surface area contributed by atoms with Crippen molar-refractivity contribution in [1.29, 1.82) is 0 Å². The summed E-state index contributed by atoms with van der Waals surface area (Å²) in [6.45, 7) is 0.936. The lowest BCUT2D eigenvalue weighted by Gasteiger charge is -2.19. The zero-order valence-electron chi connectivity index (χ0n) is 24.1. The molecule has 10 nitrogen and oxygen atoms in total. The third kappa shape index (κ3) is 4.76. The summed E-state index contributed by atoms with van der Waals surface area (Å²) in [6.07, 6.45) is 2.96. The Balaban J connectivity index is 1.15. The summed E-state index contributed by atoms with van der Waals surface area (Å²) >= 11 is 6.47. The smallest absolute Gasteiger partial charge is 0.339 e. The Morgan fingerprint density at radius 1 is 1.00 bits per heavy atom. The number of amides is 2. The minimum atomic E-state index is -0.799. The van der Waals surface area contributed by atoms with Gasteiger partial charge in [-0.3, -0.25) is 29.4 Å². The first kappa shape index (κ1) is 28.8. The highest BCUT2D eigenvalue weighted by Gasteiger charge is 2.61. The van der Waals surface area contributed by atoms with Gasteiger partial charge in [0.1, 0.15) is 0 Å². The van der Waals surface area contributed by atoms with E-state index in [1.54, 1.807) is 49.4 Å². The van der Waals surface area contributed by atoms with Crippen LogP contribution in [0.1, 0.15) is 45.5 Å². The van der Waals surface area contributed by atoms with Crippen LogP contribution in [0.4, 0.5) is 11.4 Å². The van der Waals surface area contributed by atoms with E-state index in [-0.39, 0.29) is 52.3 Å². The number of hydrogen-bond acceptors (Lipinski definition) is 8. The maximum atomic E-state index is 13.3. The number of ether oxygens (including phenoxy) is 1. The Kier molecular flexibility index (Phi) is 6.96. The van der Waals surface area contributed by atoms with Crippen molar-refractivity contribution in [2.75, 3.05) is 11.5 Å². The van der Waals surface area contributed by atoms with Crippen molar-refractivity contribution in [2.45, 2.75) is 26.2 Å². The molecule has 4 atom stereocenters. The van der Waals surface area contributed by atoms with E-state index >= 15 is 0 Å². The fourth-order valence-corrected chi connectivity index (χ4v) is 7.46. The molecule has 2 aliphatic carbocycles. The van der Waals surface area contributed by atoms with Crippen LogP contribution >= 0.6 is 11.6 Å². The Labute approximate surface area is 262 Å². The number of imide groups is 1. The van der Waals surface area contributed by atoms with Gasteiger partial charge in [0.2, 0.25) is 17.6 Å². The molecule has 7 rings (SSSR count). The number of rotatable bonds is 7. The Hall–Kier alpha value is -4.96. The number of ketones is 1. The van der Waals surface area contributed by atoms with Crippen molar-refractivity contribution in [3.8, 4) is 11.3 Å². The highest BCUT2D eigenvalue weighted by atomic mass is 35.5. The number of pyridine rings is 1. The SMILES string of the molecule is Cc1ccc(C(=O)COC(=O)c2cc(-c3ccc(N4C(=O)C5C6CCC(C6)C5C4=O)cc3)nc3c(Cl)cccc23)cc1[N+](=O)[O-]. The number of aromatic nitrogens is 1. The molecule has 1 aromatic heterocycles. The summed E-state index contributed by atoms with van der Waals surface area (Å²) in [5.41, 5.74) is 2.22. The number of nitro benzene ring substituents is 1. The molecule has 2 amide bonds. The summed E-state index contributed by atoms with van der Waals surface area (Å²) in [5, 5.41) is 12.0. The van der Waals surface area contributed by atoms with Gasteiger partial charge in [-0.25, -0.2) is 9.78 Å². The predicted octanol–water partition coefficient (Wildman–Crippen LogP) is 6.35. The van der Waals surface area contributed by atoms with Crippen LogP contribution in [0.15, 0.2) is 66.7 Å². The highest BCUT2D eigenvalue weighted by molar-refractivity contribution is 6.35. The number of nitro groups is 1. The largest absolute Gasteiger partial charge is 0.454 e. The lowest BCUT2D eigenvalue weighted by atomic mass is 9.81. The first-order chi connectivity index (χ1) is 21.6. The number of carbonyl (C=O) groups is 4. The molecule has 226 valence electrons. The number of benzene rings is 3. The molecule has 11 heteroatoms. The van der Waals surface area contributed by atoms with Crippen molar-refractivity contribution < 1.29 is 28.8 Å². The van der Waals surface area contributed by atoms with Crippen molar-refractivity contribution >= 4 is 57.4 Å². The van der Waals surface area contributed by atoms with E-state index in [0.29, 0.717) is 38.4 Å². The lowest BCUT2D eigenvalue weighted by Crippen LogP contribution is -2.32. The van der Waals surface area contributed by atoms with Gasteiger partial charge in [-0.05, 0) is 62.3 Å². The van der Waals surface area contributed by atoms with Crippen molar-refractivity contribution in [2.24, 2.45) is 23.7 Å². The lowest BCUT2D eigenvalue weighted by molar-refractivity contribution is -0.385. The zero-order chi connectivity index (χ0) is 31.6. The number of anilines is 1. The van der Waals surface area contributed by atoms with Gasteiger partial charge in [-0.2, -0.15) is 0 Å². The Bertz CT molecular complexity index is 1930. The van der Waals surface area contributed by atoms with Crippen LogP contribution in [0.25, 0.3) is 22.2 Å². The number of Topliss-reactive ketones (excluding diaryl/α,β-unsaturated/α-hetero) is 1. The summed E-state index contributed by atoms with van der Waals surface area (Å²) in [5.74, 6) is -1.51. The van der Waals surface area contributed by atoms with Crippen molar-refractivity contribution in [3.05, 3.63) is 98.6 Å². The van der Waals surface area contributed by atoms with Gasteiger partial charge >= 0.3 is 5.97 Å². The molecule has 3 aromatic carbocycles. The van der Waals surface area contributed by atoms with Crippen LogP contribution in [0.2, 0.25) is 5.02 Å². The number of carbonyl (C=O) groups excluding carboxylic acids is 4. The minimum Gasteiger partial charge on any atom is -0.454 e. The van der Waals surface area contributed by atoms with E-state index in [4.69, 9.17) is 16.3 Å². The van der Waals surface area contributed by atoms with E-state index in [2.05, 4.69) is 4.98 Å². The van der Waals surface area contributed by atoms with Crippen LogP contribution in [-0.4, -0.2) is 40.1 Å². The summed E-state index contributed by atoms with van der Waals surface area (Å²) < 4.78 is 5.37. The molecule has 45 heavy (non-hydrogen) atoms. The van der Waals surface area contributed by atoms with Crippen LogP contribution in [0, 0.1) is 40.7 Å². The van der Waals surface area contributed by atoms with Gasteiger partial charge in [0, 0.05) is 28.1 Å². The summed E-state index contributed by atoms with van der Waals surface area (Å²) in [6, 6.07) is 17.4. The second-order valence-corrected chi connectivity index (χ2v) is 12.3. The van der Waals surface area contributed by atoms with Crippen LogP contribution < -0.4 is 4.90 Å². The van der Waals surface area contributed by atoms with E-state index in [1.165, 1.54) is 23.1 Å². The number of para-hydroxylation sites is 1. The molecule has 1 aliphatic heterocycles. The fourth-order valence-electron chi connectivity index (χ4n) is 7.25. The van der Waals surface area contributed by atoms with E-state index < -0.39 is 23.3 Å². The van der Waals surface area contributed by atoms with Gasteiger partial charge in [0.25, 0.3) is 5.69 Å². The highest BCUT2D eigenvalue weighted by Crippen LogP contribution is 2.56. The maximum absolute atomic E-state index is 13.3. The van der Waals surface area contributed by atoms with Gasteiger partial charge < -0.3 is 4.74 Å². The number of esters is 1. The van der Waals surface area contributed by atoms with Crippen LogP contribution in [0.5, 0.6) is 0 Å². The third-order valence-corrected chi connectivity index (χ3v) is 9.73. The van der Waals surface area contributed by atoms with Gasteiger partial charge in [0.05, 0.1) is 44.2 Å². The van der Waals surface area contributed by atoms with Gasteiger partial charge in [0.15, 0.2) is 6.61 Å². The molecule has 2 bridgehead atoms. The number of nitrogens with zero attached hydrogens (tertiary/aromatic N) is 3. The Morgan fingerprint density at radius 3 is 2.36 bits per heavy atom. The summed E-state index contributed by atoms with van der Waals surface area (Å²) in [4.78, 5) is 69.4. The molecule has 3 fully saturated rings. The zero-order valence-corrected chi connectivity index (χ0v) is 24.8. The summed E-state index contributed by atoms with van der Waals surface area (Å²) in [7, 11) is 0. The third-order valence-electron chi connectivity index (χ3n) is 9.42. The van der Waals surface area contributed by atoms with Crippen molar-refractivity contribution in [1.82, 2.24) is 4.98 Å². The molecule has 4 unspecified atom stereocenters. The van der Waals surface area contributed by atoms with E-state index in [0.717, 1.165) is 25.3 Å². The molecule has 3 aliphatic rings. The van der Waals surface area contributed by atoms with Gasteiger partial charge in [-0.15, -0.1) is 0 Å². The molecular weight excluding hydrogens is 598 g/mol. The standard InChI is InChI=1S/C34H26ClN3O7/c1-17-5-6-19(14-27(17)38(43)44)28(39)16-45-34(42)24-15-26(36-31-23(24)3-2-4-25(31)35)18-9-11-22(12-10-18)37-32(40)29-20-7-8-21(13-20)30(29)33(37)41/h2-6,9-12,14-15,20-21,29-30H,7-8,13,16H2,1H3. The van der Waals surface area contributed by atoms with E-state index in [9.17, 15) is 29.3 Å². The second-order valence-electron chi connectivity index (χ2n) is 11.9. The van der Waals surface area contributed by atoms with Crippen LogP contribution in [-0.2, 0) is 14.3 Å². The fraction of sp³-hybridized carbons (Fsp3) is 0.265. The van der Waals surface area contributed by atoms with Crippen LogP contribution in [0.3, 0.4) is 0 Å².